The van der Waals surface area contributed by atoms with Gasteiger partial charge in [-0.3, -0.25) is 4.79 Å². The van der Waals surface area contributed by atoms with Gasteiger partial charge in [0, 0.05) is 0 Å². The molecule has 0 fully saturated rings. The summed E-state index contributed by atoms with van der Waals surface area (Å²) in [5, 5.41) is 9.16. The summed E-state index contributed by atoms with van der Waals surface area (Å²) < 4.78 is 10.1. The van der Waals surface area contributed by atoms with Gasteiger partial charge in [-0.05, 0) is 12.8 Å². The fourth-order valence-electron chi connectivity index (χ4n) is 0.847. The van der Waals surface area contributed by atoms with Crippen molar-refractivity contribution in [1.82, 2.24) is 0 Å². The maximum Gasteiger partial charge on any atom is 0.308 e. The molecule has 4 heteroatoms. The lowest BCUT2D eigenvalue weighted by molar-refractivity contribution is -0.149. The van der Waals surface area contributed by atoms with Crippen molar-refractivity contribution >= 4 is 5.97 Å². The molecule has 90 valence electrons. The molecule has 0 aliphatic rings. The number of hydrogen-bond acceptors (Lipinski definition) is 4. The Bertz CT molecular complexity index is 170. The summed E-state index contributed by atoms with van der Waals surface area (Å²) in [6, 6.07) is 0. The van der Waals surface area contributed by atoms with Gasteiger partial charge in [0.15, 0.2) is 0 Å². The Balaban J connectivity index is 3.35. The smallest absolute Gasteiger partial charge is 0.308 e. The molecular weight excluding hydrogens is 196 g/mol. The number of esters is 1. The highest BCUT2D eigenvalue weighted by atomic mass is 16.6. The quantitative estimate of drug-likeness (QED) is 0.494. The van der Waals surface area contributed by atoms with Crippen LogP contribution in [0.25, 0.3) is 0 Å². The number of aliphatic hydroxyl groups is 1. The Morgan fingerprint density at radius 1 is 1.27 bits per heavy atom. The van der Waals surface area contributed by atoms with E-state index in [4.69, 9.17) is 14.6 Å². The van der Waals surface area contributed by atoms with Crippen LogP contribution in [-0.2, 0) is 14.3 Å². The molecule has 0 bridgehead atoms. The SMILES string of the molecule is CCC(O)COCCOC(=O)C(C)CC. The summed E-state index contributed by atoms with van der Waals surface area (Å²) in [5.74, 6) is -0.233. The predicted molar refractivity (Wildman–Crippen MR) is 57.5 cm³/mol. The van der Waals surface area contributed by atoms with Crippen LogP contribution in [0.3, 0.4) is 0 Å². The minimum absolute atomic E-state index is 0.0498. The van der Waals surface area contributed by atoms with E-state index < -0.39 is 6.10 Å². The van der Waals surface area contributed by atoms with Gasteiger partial charge in [-0.25, -0.2) is 0 Å². The molecule has 0 aromatic rings. The van der Waals surface area contributed by atoms with Crippen LogP contribution < -0.4 is 0 Å². The zero-order valence-electron chi connectivity index (χ0n) is 9.86. The normalized spacial score (nSPS) is 14.7. The lowest BCUT2D eigenvalue weighted by Gasteiger charge is -2.11. The molecule has 2 unspecified atom stereocenters. The van der Waals surface area contributed by atoms with E-state index in [-0.39, 0.29) is 18.5 Å². The molecule has 1 N–H and O–H groups in total. The van der Waals surface area contributed by atoms with Crippen molar-refractivity contribution in [2.75, 3.05) is 19.8 Å². The number of ether oxygens (including phenoxy) is 2. The average molecular weight is 218 g/mol. The van der Waals surface area contributed by atoms with Gasteiger partial charge in [0.1, 0.15) is 6.61 Å². The molecule has 0 aliphatic carbocycles. The first-order valence-electron chi connectivity index (χ1n) is 5.54. The summed E-state index contributed by atoms with van der Waals surface area (Å²) >= 11 is 0. The van der Waals surface area contributed by atoms with Crippen molar-refractivity contribution in [1.29, 1.82) is 0 Å². The molecule has 0 saturated heterocycles. The monoisotopic (exact) mass is 218 g/mol. The van der Waals surface area contributed by atoms with Gasteiger partial charge < -0.3 is 14.6 Å². The molecule has 4 nitrogen and oxygen atoms in total. The molecular formula is C11H22O4. The van der Waals surface area contributed by atoms with Crippen LogP contribution in [0.4, 0.5) is 0 Å². The van der Waals surface area contributed by atoms with Gasteiger partial charge in [0.25, 0.3) is 0 Å². The molecule has 2 atom stereocenters. The molecule has 0 heterocycles. The molecule has 0 saturated carbocycles. The third kappa shape index (κ3) is 7.33. The van der Waals surface area contributed by atoms with Crippen LogP contribution in [0.15, 0.2) is 0 Å². The summed E-state index contributed by atoms with van der Waals surface area (Å²) in [6.45, 7) is 6.58. The Hall–Kier alpha value is -0.610. The van der Waals surface area contributed by atoms with E-state index in [1.807, 2.05) is 20.8 Å². The largest absolute Gasteiger partial charge is 0.463 e. The van der Waals surface area contributed by atoms with Crippen LogP contribution in [0.1, 0.15) is 33.6 Å². The summed E-state index contributed by atoms with van der Waals surface area (Å²) in [4.78, 5) is 11.2. The van der Waals surface area contributed by atoms with Crippen molar-refractivity contribution in [3.63, 3.8) is 0 Å². The highest BCUT2D eigenvalue weighted by Gasteiger charge is 2.11. The molecule has 0 spiro atoms. The van der Waals surface area contributed by atoms with Crippen LogP contribution in [-0.4, -0.2) is 37.0 Å². The van der Waals surface area contributed by atoms with Gasteiger partial charge in [0.2, 0.25) is 0 Å². The molecule has 0 aromatic carbocycles. The number of hydrogen-bond donors (Lipinski definition) is 1. The molecule has 0 amide bonds. The minimum Gasteiger partial charge on any atom is -0.463 e. The number of aliphatic hydroxyl groups excluding tert-OH is 1. The summed E-state index contributed by atoms with van der Waals surface area (Å²) in [7, 11) is 0. The van der Waals surface area contributed by atoms with Crippen molar-refractivity contribution in [2.24, 2.45) is 5.92 Å². The molecule has 0 radical (unpaired) electrons. The van der Waals surface area contributed by atoms with Crippen molar-refractivity contribution < 1.29 is 19.4 Å². The van der Waals surface area contributed by atoms with Gasteiger partial charge in [-0.15, -0.1) is 0 Å². The van der Waals surface area contributed by atoms with Crippen LogP contribution >= 0.6 is 0 Å². The first-order valence-corrected chi connectivity index (χ1v) is 5.54. The van der Waals surface area contributed by atoms with Gasteiger partial charge >= 0.3 is 5.97 Å². The second-order valence-corrected chi connectivity index (χ2v) is 3.61. The number of rotatable bonds is 8. The van der Waals surface area contributed by atoms with Crippen molar-refractivity contribution in [3.05, 3.63) is 0 Å². The lowest BCUT2D eigenvalue weighted by Crippen LogP contribution is -2.19. The Labute approximate surface area is 91.6 Å². The summed E-state index contributed by atoms with van der Waals surface area (Å²) in [6.07, 6.45) is 1.04. The van der Waals surface area contributed by atoms with E-state index in [1.54, 1.807) is 0 Å². The zero-order chi connectivity index (χ0) is 11.7. The first kappa shape index (κ1) is 14.4. The van der Waals surface area contributed by atoms with E-state index in [0.29, 0.717) is 19.6 Å². The van der Waals surface area contributed by atoms with Gasteiger partial charge in [-0.1, -0.05) is 20.8 Å². The predicted octanol–water partition coefficient (Wildman–Crippen LogP) is 1.36. The Kier molecular flexibility index (Phi) is 8.33. The second kappa shape index (κ2) is 8.68. The first-order chi connectivity index (χ1) is 7.11. The van der Waals surface area contributed by atoms with E-state index >= 15 is 0 Å². The van der Waals surface area contributed by atoms with E-state index in [9.17, 15) is 4.79 Å². The van der Waals surface area contributed by atoms with Crippen LogP contribution in [0.2, 0.25) is 0 Å². The molecule has 15 heavy (non-hydrogen) atoms. The molecule has 0 rings (SSSR count). The third-order valence-corrected chi connectivity index (χ3v) is 2.27. The molecule has 0 aliphatic heterocycles. The van der Waals surface area contributed by atoms with E-state index in [1.165, 1.54) is 0 Å². The third-order valence-electron chi connectivity index (χ3n) is 2.27. The topological polar surface area (TPSA) is 55.8 Å². The van der Waals surface area contributed by atoms with Crippen molar-refractivity contribution in [3.8, 4) is 0 Å². The Morgan fingerprint density at radius 3 is 2.47 bits per heavy atom. The van der Waals surface area contributed by atoms with Gasteiger partial charge in [0.05, 0.1) is 25.2 Å². The maximum absolute atomic E-state index is 11.2. The lowest BCUT2D eigenvalue weighted by atomic mass is 10.1. The van der Waals surface area contributed by atoms with E-state index in [0.717, 1.165) is 6.42 Å². The second-order valence-electron chi connectivity index (χ2n) is 3.61. The van der Waals surface area contributed by atoms with Crippen molar-refractivity contribution in [2.45, 2.75) is 39.7 Å². The fraction of sp³-hybridized carbons (Fsp3) is 0.909. The standard InChI is InChI=1S/C11H22O4/c1-4-9(3)11(13)15-7-6-14-8-10(12)5-2/h9-10,12H,4-8H2,1-3H3. The van der Waals surface area contributed by atoms with Crippen LogP contribution in [0.5, 0.6) is 0 Å². The van der Waals surface area contributed by atoms with Crippen LogP contribution in [0, 0.1) is 5.92 Å². The Morgan fingerprint density at radius 2 is 1.93 bits per heavy atom. The molecule has 0 aromatic heterocycles. The van der Waals surface area contributed by atoms with E-state index in [2.05, 4.69) is 0 Å². The highest BCUT2D eigenvalue weighted by molar-refractivity contribution is 5.71. The fourth-order valence-corrected chi connectivity index (χ4v) is 0.847. The van der Waals surface area contributed by atoms with Gasteiger partial charge in [-0.2, -0.15) is 0 Å². The summed E-state index contributed by atoms with van der Waals surface area (Å²) in [5.41, 5.74) is 0. The maximum atomic E-state index is 11.2. The zero-order valence-corrected chi connectivity index (χ0v) is 9.86. The average Bonchev–Trinajstić information content (AvgIpc) is 2.26. The number of carbonyl (C=O) groups excluding carboxylic acids is 1. The minimum atomic E-state index is -0.421. The highest BCUT2D eigenvalue weighted by Crippen LogP contribution is 2.02. The number of carbonyl (C=O) groups is 1.